The van der Waals surface area contributed by atoms with Crippen LogP contribution in [0.1, 0.15) is 43.0 Å². The molecule has 1 heterocycles. The Balaban J connectivity index is 1.52. The number of anilines is 1. The van der Waals surface area contributed by atoms with Crippen LogP contribution in [0, 0.1) is 0 Å². The fourth-order valence-corrected chi connectivity index (χ4v) is 5.57. The molecule has 3 rings (SSSR count). The van der Waals surface area contributed by atoms with Crippen molar-refractivity contribution < 1.29 is 22.7 Å². The van der Waals surface area contributed by atoms with Crippen molar-refractivity contribution in [3.05, 3.63) is 52.5 Å². The van der Waals surface area contributed by atoms with Gasteiger partial charge in [-0.1, -0.05) is 26.2 Å². The number of amides is 1. The highest BCUT2D eigenvalue weighted by Crippen LogP contribution is 2.26. The lowest BCUT2D eigenvalue weighted by Gasteiger charge is -2.26. The van der Waals surface area contributed by atoms with Gasteiger partial charge in [0.25, 0.3) is 5.91 Å². The monoisotopic (exact) mass is 583 g/mol. The lowest BCUT2D eigenvalue weighted by atomic mass is 10.2. The Morgan fingerprint density at radius 1 is 1.11 bits per heavy atom. The number of unbranched alkanes of at least 4 members (excludes halogenated alkanes) is 3. The zero-order valence-electron chi connectivity index (χ0n) is 19.6. The van der Waals surface area contributed by atoms with Crippen LogP contribution in [-0.2, 0) is 14.8 Å². The van der Waals surface area contributed by atoms with Crippen LogP contribution in [0.4, 0.5) is 5.69 Å². The highest BCUT2D eigenvalue weighted by Gasteiger charge is 2.26. The first-order valence-corrected chi connectivity index (χ1v) is 14.2. The maximum absolute atomic E-state index is 12.7. The molecular formula is C24H30BrN3O5S2. The minimum atomic E-state index is -3.57. The third-order valence-corrected chi connectivity index (χ3v) is 8.13. The number of rotatable bonds is 10. The molecule has 1 aliphatic rings. The zero-order chi connectivity index (χ0) is 25.3. The van der Waals surface area contributed by atoms with Gasteiger partial charge in [0, 0.05) is 24.3 Å². The van der Waals surface area contributed by atoms with Crippen LogP contribution in [0.15, 0.2) is 51.8 Å². The van der Waals surface area contributed by atoms with Crippen LogP contribution < -0.4 is 15.4 Å². The van der Waals surface area contributed by atoms with Gasteiger partial charge in [-0.15, -0.1) is 0 Å². The van der Waals surface area contributed by atoms with Gasteiger partial charge >= 0.3 is 0 Å². The van der Waals surface area contributed by atoms with Gasteiger partial charge in [-0.25, -0.2) is 8.42 Å². The first-order chi connectivity index (χ1) is 16.8. The van der Waals surface area contributed by atoms with Gasteiger partial charge in [0.15, 0.2) is 5.11 Å². The second-order valence-corrected chi connectivity index (χ2v) is 11.2. The molecule has 0 spiro atoms. The van der Waals surface area contributed by atoms with Gasteiger partial charge < -0.3 is 14.8 Å². The van der Waals surface area contributed by atoms with Crippen molar-refractivity contribution in [3.63, 3.8) is 0 Å². The van der Waals surface area contributed by atoms with Gasteiger partial charge in [0.2, 0.25) is 10.0 Å². The number of ether oxygens (including phenoxy) is 2. The fourth-order valence-electron chi connectivity index (χ4n) is 3.45. The summed E-state index contributed by atoms with van der Waals surface area (Å²) in [7, 11) is -3.57. The molecule has 11 heteroatoms. The Labute approximate surface area is 220 Å². The number of benzene rings is 2. The van der Waals surface area contributed by atoms with Crippen LogP contribution in [0.3, 0.4) is 0 Å². The number of nitrogens with one attached hydrogen (secondary N) is 2. The molecule has 0 bridgehead atoms. The van der Waals surface area contributed by atoms with E-state index in [0.717, 1.165) is 12.8 Å². The average Bonchev–Trinajstić information content (AvgIpc) is 2.85. The number of carbonyl (C=O) groups is 1. The molecule has 2 aromatic rings. The Morgan fingerprint density at radius 2 is 1.83 bits per heavy atom. The maximum Gasteiger partial charge on any atom is 0.257 e. The van der Waals surface area contributed by atoms with Gasteiger partial charge in [0.05, 0.1) is 29.2 Å². The quantitative estimate of drug-likeness (QED) is 0.312. The average molecular weight is 585 g/mol. The molecule has 2 aromatic carbocycles. The second kappa shape index (κ2) is 13.3. The summed E-state index contributed by atoms with van der Waals surface area (Å²) >= 11 is 8.71. The highest BCUT2D eigenvalue weighted by molar-refractivity contribution is 9.10. The van der Waals surface area contributed by atoms with E-state index in [1.165, 1.54) is 29.3 Å². The molecule has 2 N–H and O–H groups in total. The standard InChI is InChI=1S/C24H30BrN3O5S2/c1-2-3-4-5-14-33-22-11-6-18(17-21(22)25)23(29)27-24(34)26-19-7-9-20(10-8-19)35(30,31)28-12-15-32-16-13-28/h6-11,17H,2-5,12-16H2,1H3,(H2,26,27,29,34). The molecule has 1 saturated heterocycles. The lowest BCUT2D eigenvalue weighted by molar-refractivity contribution is 0.0730. The Kier molecular flexibility index (Phi) is 10.5. The predicted octanol–water partition coefficient (Wildman–Crippen LogP) is 4.56. The van der Waals surface area contributed by atoms with Crippen molar-refractivity contribution in [2.45, 2.75) is 37.5 Å². The van der Waals surface area contributed by atoms with Crippen LogP contribution in [0.5, 0.6) is 5.75 Å². The van der Waals surface area contributed by atoms with E-state index in [9.17, 15) is 13.2 Å². The molecule has 0 saturated carbocycles. The summed E-state index contributed by atoms with van der Waals surface area (Å²) in [5, 5.41) is 5.64. The first-order valence-electron chi connectivity index (χ1n) is 11.5. The lowest BCUT2D eigenvalue weighted by Crippen LogP contribution is -2.40. The van der Waals surface area contributed by atoms with Gasteiger partial charge in [-0.05, 0) is 77.0 Å². The van der Waals surface area contributed by atoms with Crippen LogP contribution in [0.25, 0.3) is 0 Å². The molecule has 35 heavy (non-hydrogen) atoms. The van der Waals surface area contributed by atoms with Gasteiger partial charge in [0.1, 0.15) is 5.75 Å². The van der Waals surface area contributed by atoms with E-state index in [0.29, 0.717) is 54.4 Å². The van der Waals surface area contributed by atoms with E-state index in [-0.39, 0.29) is 15.9 Å². The summed E-state index contributed by atoms with van der Waals surface area (Å²) in [6.45, 7) is 4.24. The third-order valence-electron chi connectivity index (χ3n) is 5.40. The summed E-state index contributed by atoms with van der Waals surface area (Å²) < 4.78 is 38.6. The number of halogens is 1. The number of hydrogen-bond donors (Lipinski definition) is 2. The van der Waals surface area contributed by atoms with Crippen molar-refractivity contribution >= 4 is 54.9 Å². The number of thiocarbonyl (C=S) groups is 1. The topological polar surface area (TPSA) is 97.0 Å². The summed E-state index contributed by atoms with van der Waals surface area (Å²) in [5.74, 6) is 0.315. The van der Waals surface area contributed by atoms with E-state index >= 15 is 0 Å². The normalized spacial score (nSPS) is 14.3. The molecule has 0 unspecified atom stereocenters. The number of sulfonamides is 1. The molecular weight excluding hydrogens is 554 g/mol. The molecule has 8 nitrogen and oxygen atoms in total. The van der Waals surface area contributed by atoms with Gasteiger partial charge in [-0.3, -0.25) is 10.1 Å². The molecule has 1 aliphatic heterocycles. The summed E-state index contributed by atoms with van der Waals surface area (Å²) in [4.78, 5) is 12.8. The van der Waals surface area contributed by atoms with Crippen LogP contribution in [-0.4, -0.2) is 56.7 Å². The number of morpholine rings is 1. The maximum atomic E-state index is 12.7. The smallest absolute Gasteiger partial charge is 0.257 e. The SMILES string of the molecule is CCCCCCOc1ccc(C(=O)NC(=S)Nc2ccc(S(=O)(=O)N3CCOCC3)cc2)cc1Br. The van der Waals surface area contributed by atoms with Crippen LogP contribution in [0.2, 0.25) is 0 Å². The fraction of sp³-hybridized carbons (Fsp3) is 0.417. The minimum absolute atomic E-state index is 0.103. The van der Waals surface area contributed by atoms with E-state index < -0.39 is 10.0 Å². The van der Waals surface area contributed by atoms with Crippen LogP contribution >= 0.6 is 28.1 Å². The summed E-state index contributed by atoms with van der Waals surface area (Å²) in [6, 6.07) is 11.3. The highest BCUT2D eigenvalue weighted by atomic mass is 79.9. The van der Waals surface area contributed by atoms with Crippen molar-refractivity contribution in [2.24, 2.45) is 0 Å². The van der Waals surface area contributed by atoms with Crippen molar-refractivity contribution in [2.75, 3.05) is 38.2 Å². The molecule has 190 valence electrons. The van der Waals surface area contributed by atoms with Crippen molar-refractivity contribution in [1.29, 1.82) is 0 Å². The number of carbonyl (C=O) groups excluding carboxylic acids is 1. The Bertz CT molecular complexity index is 1120. The zero-order valence-corrected chi connectivity index (χ0v) is 22.8. The minimum Gasteiger partial charge on any atom is -0.492 e. The molecule has 0 aromatic heterocycles. The number of nitrogens with zero attached hydrogens (tertiary/aromatic N) is 1. The van der Waals surface area contributed by atoms with E-state index in [4.69, 9.17) is 21.7 Å². The second-order valence-electron chi connectivity index (χ2n) is 8.00. The van der Waals surface area contributed by atoms with Crippen molar-refractivity contribution in [3.8, 4) is 5.75 Å². The summed E-state index contributed by atoms with van der Waals surface area (Å²) in [5.41, 5.74) is 0.982. The Morgan fingerprint density at radius 3 is 2.49 bits per heavy atom. The molecule has 0 aliphatic carbocycles. The van der Waals surface area contributed by atoms with E-state index in [2.05, 4.69) is 33.5 Å². The molecule has 0 atom stereocenters. The van der Waals surface area contributed by atoms with E-state index in [1.807, 2.05) is 0 Å². The predicted molar refractivity (Wildman–Crippen MR) is 143 cm³/mol. The molecule has 1 fully saturated rings. The third kappa shape index (κ3) is 7.97. The number of hydrogen-bond acceptors (Lipinski definition) is 6. The Hall–Kier alpha value is -2.05. The molecule has 0 radical (unpaired) electrons. The van der Waals surface area contributed by atoms with Gasteiger partial charge in [-0.2, -0.15) is 4.31 Å². The molecule has 1 amide bonds. The summed E-state index contributed by atoms with van der Waals surface area (Å²) in [6.07, 6.45) is 4.48. The van der Waals surface area contributed by atoms with E-state index in [1.54, 1.807) is 30.3 Å². The first kappa shape index (κ1) is 27.5. The van der Waals surface area contributed by atoms with Crippen molar-refractivity contribution in [1.82, 2.24) is 9.62 Å². The largest absolute Gasteiger partial charge is 0.492 e.